The van der Waals surface area contributed by atoms with E-state index in [1.165, 1.54) is 11.2 Å². The first kappa shape index (κ1) is 25.0. The minimum Gasteiger partial charge on any atom is -0.494 e. The van der Waals surface area contributed by atoms with Crippen LogP contribution < -0.4 is 4.74 Å². The fourth-order valence-electron chi connectivity index (χ4n) is 4.16. The van der Waals surface area contributed by atoms with Crippen molar-refractivity contribution in [2.24, 2.45) is 5.92 Å². The number of hydrogen-bond acceptors (Lipinski definition) is 7. The monoisotopic (exact) mass is 479 g/mol. The summed E-state index contributed by atoms with van der Waals surface area (Å²) < 4.78 is 34.1. The van der Waals surface area contributed by atoms with Gasteiger partial charge in [-0.05, 0) is 62.3 Å². The molecule has 2 unspecified atom stereocenters. The van der Waals surface area contributed by atoms with Crippen LogP contribution in [-0.2, 0) is 16.3 Å². The van der Waals surface area contributed by atoms with Crippen LogP contribution in [-0.4, -0.2) is 60.1 Å². The zero-order chi connectivity index (χ0) is 24.0. The Labute approximate surface area is 195 Å². The van der Waals surface area contributed by atoms with Crippen molar-refractivity contribution in [2.45, 2.75) is 69.2 Å². The van der Waals surface area contributed by atoms with Crippen molar-refractivity contribution in [1.82, 2.24) is 15.0 Å². The Morgan fingerprint density at radius 1 is 1.24 bits per heavy atom. The molecule has 0 bridgehead atoms. The molecule has 1 aliphatic heterocycles. The van der Waals surface area contributed by atoms with Gasteiger partial charge in [0.25, 0.3) is 0 Å². The number of carbonyl (C=O) groups is 1. The predicted octanol–water partition coefficient (Wildman–Crippen LogP) is 4.15. The Morgan fingerprint density at radius 2 is 1.97 bits per heavy atom. The quantitative estimate of drug-likeness (QED) is 0.504. The van der Waals surface area contributed by atoms with Gasteiger partial charge in [0, 0.05) is 31.2 Å². The van der Waals surface area contributed by atoms with Crippen LogP contribution in [0.4, 0.5) is 4.79 Å². The van der Waals surface area contributed by atoms with E-state index in [0.29, 0.717) is 49.9 Å². The third-order valence-corrected chi connectivity index (χ3v) is 7.19. The molecule has 0 spiro atoms. The van der Waals surface area contributed by atoms with Crippen LogP contribution in [0.3, 0.4) is 0 Å². The standard InChI is InChI=1S/C23H33N3O6S/c1-16(2)20-15-17(12-13-26(20)23(27)28)22-24-21(25-32-22)7-5-4-6-14-31-18-8-10-19(11-9-18)33(3,29)30/h8-11,16-17,20H,4-7,12-15H2,1-3H3,(H,27,28). The van der Waals surface area contributed by atoms with Gasteiger partial charge in [-0.15, -0.1) is 0 Å². The van der Waals surface area contributed by atoms with Gasteiger partial charge >= 0.3 is 6.09 Å². The molecule has 0 aliphatic carbocycles. The number of unbranched alkanes of at least 4 members (excludes halogenated alkanes) is 2. The molecule has 2 aromatic rings. The maximum atomic E-state index is 11.5. The number of hydrogen-bond donors (Lipinski definition) is 1. The largest absolute Gasteiger partial charge is 0.494 e. The van der Waals surface area contributed by atoms with E-state index < -0.39 is 15.9 Å². The lowest BCUT2D eigenvalue weighted by Gasteiger charge is -2.38. The summed E-state index contributed by atoms with van der Waals surface area (Å²) in [5.41, 5.74) is 0. The predicted molar refractivity (Wildman–Crippen MR) is 122 cm³/mol. The Balaban J connectivity index is 1.38. The topological polar surface area (TPSA) is 123 Å². The van der Waals surface area contributed by atoms with E-state index in [9.17, 15) is 18.3 Å². The van der Waals surface area contributed by atoms with Crippen LogP contribution in [0.2, 0.25) is 0 Å². The highest BCUT2D eigenvalue weighted by molar-refractivity contribution is 7.90. The highest BCUT2D eigenvalue weighted by Gasteiger charge is 2.36. The minimum atomic E-state index is -3.20. The van der Waals surface area contributed by atoms with Crippen molar-refractivity contribution in [3.05, 3.63) is 36.0 Å². The molecule has 0 radical (unpaired) electrons. The molecule has 1 aromatic heterocycles. The third kappa shape index (κ3) is 6.93. The summed E-state index contributed by atoms with van der Waals surface area (Å²) in [6.45, 7) is 5.11. The molecule has 9 nitrogen and oxygen atoms in total. The van der Waals surface area contributed by atoms with Crippen molar-refractivity contribution < 1.29 is 27.6 Å². The number of ether oxygens (including phenoxy) is 1. The highest BCUT2D eigenvalue weighted by Crippen LogP contribution is 2.33. The van der Waals surface area contributed by atoms with Gasteiger partial charge in [-0.25, -0.2) is 13.2 Å². The molecule has 2 atom stereocenters. The summed E-state index contributed by atoms with van der Waals surface area (Å²) in [7, 11) is -3.20. The first-order valence-corrected chi connectivity index (χ1v) is 13.3. The highest BCUT2D eigenvalue weighted by atomic mass is 32.2. The molecular weight excluding hydrogens is 446 g/mol. The molecule has 1 amide bonds. The lowest BCUT2D eigenvalue weighted by atomic mass is 9.85. The zero-order valence-corrected chi connectivity index (χ0v) is 20.3. The van der Waals surface area contributed by atoms with Crippen molar-refractivity contribution in [3.63, 3.8) is 0 Å². The first-order valence-electron chi connectivity index (χ1n) is 11.4. The van der Waals surface area contributed by atoms with Gasteiger partial charge in [-0.2, -0.15) is 4.98 Å². The van der Waals surface area contributed by atoms with Gasteiger partial charge in [0.15, 0.2) is 15.7 Å². The molecule has 182 valence electrons. The van der Waals surface area contributed by atoms with Gasteiger partial charge in [-0.1, -0.05) is 19.0 Å². The Kier molecular flexibility index (Phi) is 8.34. The maximum Gasteiger partial charge on any atom is 0.407 e. The molecule has 0 saturated carbocycles. The van der Waals surface area contributed by atoms with Gasteiger partial charge in [0.1, 0.15) is 5.75 Å². The molecule has 1 aromatic carbocycles. The van der Waals surface area contributed by atoms with E-state index in [1.807, 2.05) is 13.8 Å². The third-order valence-electron chi connectivity index (χ3n) is 6.06. The summed E-state index contributed by atoms with van der Waals surface area (Å²) in [5.74, 6) is 2.27. The number of benzene rings is 1. The van der Waals surface area contributed by atoms with Gasteiger partial charge in [0.2, 0.25) is 5.89 Å². The summed E-state index contributed by atoms with van der Waals surface area (Å²) in [5, 5.41) is 13.5. The molecular formula is C23H33N3O6S. The number of rotatable bonds is 10. The van der Waals surface area contributed by atoms with Crippen LogP contribution >= 0.6 is 0 Å². The van der Waals surface area contributed by atoms with E-state index in [-0.39, 0.29) is 22.8 Å². The van der Waals surface area contributed by atoms with Crippen molar-refractivity contribution in [3.8, 4) is 5.75 Å². The van der Waals surface area contributed by atoms with Crippen LogP contribution in [0.25, 0.3) is 0 Å². The first-order chi connectivity index (χ1) is 15.6. The Hall–Kier alpha value is -2.62. The van der Waals surface area contributed by atoms with Gasteiger partial charge < -0.3 is 19.3 Å². The molecule has 1 aliphatic rings. The molecule has 2 heterocycles. The van der Waals surface area contributed by atoms with Crippen molar-refractivity contribution in [1.29, 1.82) is 0 Å². The van der Waals surface area contributed by atoms with E-state index in [4.69, 9.17) is 9.26 Å². The normalized spacial score (nSPS) is 19.1. The van der Waals surface area contributed by atoms with Crippen LogP contribution in [0.1, 0.15) is 63.6 Å². The second kappa shape index (κ2) is 11.0. The zero-order valence-electron chi connectivity index (χ0n) is 19.4. The van der Waals surface area contributed by atoms with E-state index in [1.54, 1.807) is 24.3 Å². The average Bonchev–Trinajstić information content (AvgIpc) is 3.24. The van der Waals surface area contributed by atoms with Gasteiger partial charge in [0.05, 0.1) is 11.5 Å². The minimum absolute atomic E-state index is 0.0424. The number of aromatic nitrogens is 2. The smallest absolute Gasteiger partial charge is 0.407 e. The second-order valence-electron chi connectivity index (χ2n) is 8.96. The number of aryl methyl sites for hydroxylation is 1. The lowest BCUT2D eigenvalue weighted by molar-refractivity contribution is 0.0782. The number of amides is 1. The number of nitrogens with zero attached hydrogens (tertiary/aromatic N) is 3. The van der Waals surface area contributed by atoms with Crippen LogP contribution in [0.15, 0.2) is 33.7 Å². The van der Waals surface area contributed by atoms with Crippen LogP contribution in [0.5, 0.6) is 5.75 Å². The Bertz CT molecular complexity index is 1020. The summed E-state index contributed by atoms with van der Waals surface area (Å²) in [6, 6.07) is 6.39. The number of sulfone groups is 1. The summed E-state index contributed by atoms with van der Waals surface area (Å²) in [4.78, 5) is 17.9. The molecule has 3 rings (SSSR count). The second-order valence-corrected chi connectivity index (χ2v) is 11.0. The van der Waals surface area contributed by atoms with E-state index in [2.05, 4.69) is 10.1 Å². The Morgan fingerprint density at radius 3 is 2.61 bits per heavy atom. The van der Waals surface area contributed by atoms with Crippen LogP contribution in [0, 0.1) is 5.92 Å². The molecule has 1 N–H and O–H groups in total. The van der Waals surface area contributed by atoms with Crippen molar-refractivity contribution >= 4 is 15.9 Å². The molecule has 1 saturated heterocycles. The van der Waals surface area contributed by atoms with E-state index >= 15 is 0 Å². The molecule has 1 fully saturated rings. The average molecular weight is 480 g/mol. The van der Waals surface area contributed by atoms with Crippen molar-refractivity contribution in [2.75, 3.05) is 19.4 Å². The molecule has 10 heteroatoms. The maximum absolute atomic E-state index is 11.5. The lowest BCUT2D eigenvalue weighted by Crippen LogP contribution is -2.47. The summed E-state index contributed by atoms with van der Waals surface area (Å²) in [6.07, 6.45) is 5.14. The fraction of sp³-hybridized carbons (Fsp3) is 0.609. The number of likely N-dealkylation sites (tertiary alicyclic amines) is 1. The molecule has 33 heavy (non-hydrogen) atoms. The number of piperidine rings is 1. The SMILES string of the molecule is CC(C)C1CC(c2nc(CCCCCOc3ccc(S(C)(=O)=O)cc3)no2)CCN1C(=O)O. The van der Waals surface area contributed by atoms with Gasteiger partial charge in [-0.3, -0.25) is 0 Å². The number of carboxylic acid groups (broad SMARTS) is 1. The summed E-state index contributed by atoms with van der Waals surface area (Å²) >= 11 is 0. The van der Waals surface area contributed by atoms with E-state index in [0.717, 1.165) is 19.3 Å². The fourth-order valence-corrected chi connectivity index (χ4v) is 4.79.